The van der Waals surface area contributed by atoms with Crippen LogP contribution < -0.4 is 5.73 Å². The van der Waals surface area contributed by atoms with E-state index in [1.165, 1.54) is 7.11 Å². The van der Waals surface area contributed by atoms with Crippen molar-refractivity contribution in [2.75, 3.05) is 27.9 Å². The molecular weight excluding hydrogens is 220 g/mol. The Labute approximate surface area is 104 Å². The number of ether oxygens (including phenoxy) is 2. The van der Waals surface area contributed by atoms with Crippen LogP contribution in [-0.2, 0) is 14.3 Å². The molecule has 3 unspecified atom stereocenters. The van der Waals surface area contributed by atoms with E-state index in [1.54, 1.807) is 14.0 Å². The Kier molecular flexibility index (Phi) is 6.67. The predicted octanol–water partition coefficient (Wildman–Crippen LogP) is 0.622. The number of nitrogens with two attached hydrogens (primary N) is 1. The van der Waals surface area contributed by atoms with Crippen LogP contribution in [0.1, 0.15) is 27.2 Å². The van der Waals surface area contributed by atoms with E-state index in [4.69, 9.17) is 15.2 Å². The molecule has 0 aromatic carbocycles. The van der Waals surface area contributed by atoms with E-state index < -0.39 is 5.54 Å². The zero-order valence-electron chi connectivity index (χ0n) is 11.8. The molecular formula is C12H26N2O3. The highest BCUT2D eigenvalue weighted by molar-refractivity contribution is 5.79. The van der Waals surface area contributed by atoms with Gasteiger partial charge in [0.2, 0.25) is 0 Å². The van der Waals surface area contributed by atoms with Crippen LogP contribution in [0.25, 0.3) is 0 Å². The van der Waals surface area contributed by atoms with Crippen molar-refractivity contribution >= 4 is 5.97 Å². The van der Waals surface area contributed by atoms with Gasteiger partial charge < -0.3 is 15.2 Å². The summed E-state index contributed by atoms with van der Waals surface area (Å²) in [5, 5.41) is 0. The van der Waals surface area contributed by atoms with Crippen molar-refractivity contribution in [3.05, 3.63) is 0 Å². The van der Waals surface area contributed by atoms with Crippen molar-refractivity contribution in [3.8, 4) is 0 Å². The Bertz CT molecular complexity index is 244. The number of hydrogen-bond acceptors (Lipinski definition) is 5. The molecule has 0 aromatic heterocycles. The minimum Gasteiger partial charge on any atom is -0.468 e. The number of hydrogen-bond donors (Lipinski definition) is 1. The van der Waals surface area contributed by atoms with Gasteiger partial charge in [-0.2, -0.15) is 0 Å². The number of esters is 1. The Hall–Kier alpha value is -0.650. The fourth-order valence-corrected chi connectivity index (χ4v) is 1.87. The van der Waals surface area contributed by atoms with Gasteiger partial charge in [0.05, 0.1) is 13.7 Å². The number of carbonyl (C=O) groups excluding carboxylic acids is 1. The second-order valence-corrected chi connectivity index (χ2v) is 4.93. The molecule has 0 spiro atoms. The Morgan fingerprint density at radius 3 is 2.29 bits per heavy atom. The minimum absolute atomic E-state index is 0.175. The van der Waals surface area contributed by atoms with E-state index >= 15 is 0 Å². The first kappa shape index (κ1) is 16.4. The van der Waals surface area contributed by atoms with Crippen molar-refractivity contribution in [1.82, 2.24) is 4.90 Å². The molecule has 2 N–H and O–H groups in total. The van der Waals surface area contributed by atoms with Crippen LogP contribution in [0.2, 0.25) is 0 Å². The zero-order valence-corrected chi connectivity index (χ0v) is 11.8. The SMILES string of the molecule is COCC(C)N(C)C(C)CC(C)(N)C(=O)OC. The molecule has 0 saturated heterocycles. The lowest BCUT2D eigenvalue weighted by atomic mass is 9.94. The van der Waals surface area contributed by atoms with Crippen LogP contribution in [0.15, 0.2) is 0 Å². The number of carbonyl (C=O) groups is 1. The van der Waals surface area contributed by atoms with Crippen LogP contribution >= 0.6 is 0 Å². The molecule has 0 aliphatic carbocycles. The minimum atomic E-state index is -0.949. The van der Waals surface area contributed by atoms with E-state index in [-0.39, 0.29) is 18.1 Å². The van der Waals surface area contributed by atoms with Gasteiger partial charge in [0, 0.05) is 19.2 Å². The van der Waals surface area contributed by atoms with Gasteiger partial charge >= 0.3 is 5.97 Å². The second kappa shape index (κ2) is 6.93. The summed E-state index contributed by atoms with van der Waals surface area (Å²) in [5.41, 5.74) is 5.00. The molecule has 102 valence electrons. The summed E-state index contributed by atoms with van der Waals surface area (Å²) in [5.74, 6) is -0.378. The molecule has 17 heavy (non-hydrogen) atoms. The van der Waals surface area contributed by atoms with Gasteiger partial charge in [-0.25, -0.2) is 0 Å². The van der Waals surface area contributed by atoms with Gasteiger partial charge in [-0.15, -0.1) is 0 Å². The summed E-state index contributed by atoms with van der Waals surface area (Å²) in [6.45, 7) is 6.47. The highest BCUT2D eigenvalue weighted by Gasteiger charge is 2.33. The second-order valence-electron chi connectivity index (χ2n) is 4.93. The first-order chi connectivity index (χ1) is 7.76. The molecule has 0 heterocycles. The Balaban J connectivity index is 4.42. The Morgan fingerprint density at radius 2 is 1.88 bits per heavy atom. The monoisotopic (exact) mass is 246 g/mol. The number of methoxy groups -OCH3 is 2. The largest absolute Gasteiger partial charge is 0.468 e. The van der Waals surface area contributed by atoms with E-state index in [0.717, 1.165) is 0 Å². The quantitative estimate of drug-likeness (QED) is 0.667. The summed E-state index contributed by atoms with van der Waals surface area (Å²) in [6.07, 6.45) is 0.546. The van der Waals surface area contributed by atoms with Crippen molar-refractivity contribution < 1.29 is 14.3 Å². The van der Waals surface area contributed by atoms with Crippen LogP contribution in [-0.4, -0.2) is 56.4 Å². The van der Waals surface area contributed by atoms with E-state index in [0.29, 0.717) is 13.0 Å². The van der Waals surface area contributed by atoms with E-state index in [2.05, 4.69) is 11.8 Å². The van der Waals surface area contributed by atoms with Gasteiger partial charge in [0.25, 0.3) is 0 Å². The number of nitrogens with zero attached hydrogens (tertiary/aromatic N) is 1. The summed E-state index contributed by atoms with van der Waals surface area (Å²) < 4.78 is 9.81. The number of rotatable bonds is 7. The van der Waals surface area contributed by atoms with E-state index in [9.17, 15) is 4.79 Å². The average molecular weight is 246 g/mol. The summed E-state index contributed by atoms with van der Waals surface area (Å²) >= 11 is 0. The zero-order chi connectivity index (χ0) is 13.6. The molecule has 0 aromatic rings. The molecule has 5 nitrogen and oxygen atoms in total. The summed E-state index contributed by atoms with van der Waals surface area (Å²) in [6, 6.07) is 0.456. The standard InChI is InChI=1S/C12H26N2O3/c1-9(14(4)10(2)8-16-5)7-12(3,13)11(15)17-6/h9-10H,7-8,13H2,1-6H3. The third kappa shape index (κ3) is 5.02. The van der Waals surface area contributed by atoms with Crippen molar-refractivity contribution in [3.63, 3.8) is 0 Å². The van der Waals surface area contributed by atoms with Crippen LogP contribution in [0.5, 0.6) is 0 Å². The first-order valence-corrected chi connectivity index (χ1v) is 5.84. The molecule has 0 radical (unpaired) electrons. The maximum Gasteiger partial charge on any atom is 0.325 e. The molecule has 0 aliphatic heterocycles. The molecule has 0 bridgehead atoms. The summed E-state index contributed by atoms with van der Waals surface area (Å²) in [7, 11) is 5.04. The first-order valence-electron chi connectivity index (χ1n) is 5.84. The van der Waals surface area contributed by atoms with Gasteiger partial charge in [-0.05, 0) is 34.2 Å². The highest BCUT2D eigenvalue weighted by Crippen LogP contribution is 2.16. The molecule has 0 saturated carbocycles. The topological polar surface area (TPSA) is 64.8 Å². The average Bonchev–Trinajstić information content (AvgIpc) is 2.26. The third-order valence-corrected chi connectivity index (χ3v) is 3.17. The molecule has 0 rings (SSSR count). The van der Waals surface area contributed by atoms with Crippen molar-refractivity contribution in [2.24, 2.45) is 5.73 Å². The van der Waals surface area contributed by atoms with Gasteiger partial charge in [-0.3, -0.25) is 9.69 Å². The molecule has 3 atom stereocenters. The van der Waals surface area contributed by atoms with Crippen LogP contribution in [0.3, 0.4) is 0 Å². The predicted molar refractivity (Wildman–Crippen MR) is 67.8 cm³/mol. The molecule has 0 aliphatic rings. The van der Waals surface area contributed by atoms with Crippen LogP contribution in [0.4, 0.5) is 0 Å². The van der Waals surface area contributed by atoms with Gasteiger partial charge in [0.15, 0.2) is 0 Å². The lowest BCUT2D eigenvalue weighted by Crippen LogP contribution is -2.51. The molecule has 0 amide bonds. The van der Waals surface area contributed by atoms with Gasteiger partial charge in [-0.1, -0.05) is 0 Å². The smallest absolute Gasteiger partial charge is 0.325 e. The lowest BCUT2D eigenvalue weighted by Gasteiger charge is -2.34. The maximum atomic E-state index is 11.5. The molecule has 0 fully saturated rings. The van der Waals surface area contributed by atoms with Crippen molar-refractivity contribution in [1.29, 1.82) is 0 Å². The van der Waals surface area contributed by atoms with Crippen molar-refractivity contribution in [2.45, 2.75) is 44.8 Å². The third-order valence-electron chi connectivity index (χ3n) is 3.17. The van der Waals surface area contributed by atoms with Crippen LogP contribution in [0, 0.1) is 0 Å². The van der Waals surface area contributed by atoms with Gasteiger partial charge in [0.1, 0.15) is 5.54 Å². The maximum absolute atomic E-state index is 11.5. The normalized spacial score (nSPS) is 18.6. The summed E-state index contributed by atoms with van der Waals surface area (Å²) in [4.78, 5) is 13.6. The highest BCUT2D eigenvalue weighted by atomic mass is 16.5. The Morgan fingerprint density at radius 1 is 1.35 bits per heavy atom. The number of likely N-dealkylation sites (N-methyl/N-ethyl adjacent to an activating group) is 1. The van der Waals surface area contributed by atoms with E-state index in [1.807, 2.05) is 14.0 Å². The molecule has 5 heteroatoms. The fraction of sp³-hybridized carbons (Fsp3) is 0.917. The fourth-order valence-electron chi connectivity index (χ4n) is 1.87. The lowest BCUT2D eigenvalue weighted by molar-refractivity contribution is -0.147.